The molecule has 0 aliphatic heterocycles. The van der Waals surface area contributed by atoms with Crippen molar-refractivity contribution in [3.8, 4) is 17.0 Å². The molecule has 174 valence electrons. The minimum Gasteiger partial charge on any atom is -0.484 e. The Balaban J connectivity index is 1.71. The first-order chi connectivity index (χ1) is 16.3. The van der Waals surface area contributed by atoms with Crippen molar-refractivity contribution in [2.45, 2.75) is 40.3 Å². The number of fused-ring (bicyclic) bond motifs is 3. The fourth-order valence-corrected chi connectivity index (χ4v) is 4.73. The SMILES string of the molecule is CCn1ncc2c3c(C(C)Oc4ccc(Cl)nc4-c4c[nH]nc4C)cc(C)cc3c(=O)n(C)c21. The largest absolute Gasteiger partial charge is 0.484 e. The molecule has 1 aromatic carbocycles. The summed E-state index contributed by atoms with van der Waals surface area (Å²) in [5.41, 5.74) is 4.86. The Labute approximate surface area is 201 Å². The predicted molar refractivity (Wildman–Crippen MR) is 133 cm³/mol. The van der Waals surface area contributed by atoms with E-state index in [4.69, 9.17) is 16.3 Å². The topological polar surface area (TPSA) is 90.6 Å². The molecule has 0 saturated heterocycles. The van der Waals surface area contributed by atoms with Crippen LogP contribution in [0.2, 0.25) is 5.15 Å². The molecule has 9 heteroatoms. The molecule has 0 bridgehead atoms. The van der Waals surface area contributed by atoms with E-state index in [0.29, 0.717) is 28.5 Å². The first-order valence-corrected chi connectivity index (χ1v) is 11.5. The summed E-state index contributed by atoms with van der Waals surface area (Å²) >= 11 is 6.21. The number of pyridine rings is 2. The summed E-state index contributed by atoms with van der Waals surface area (Å²) in [4.78, 5) is 17.8. The van der Waals surface area contributed by atoms with Crippen LogP contribution in [0.5, 0.6) is 5.75 Å². The summed E-state index contributed by atoms with van der Waals surface area (Å²) < 4.78 is 10.00. The maximum atomic E-state index is 13.3. The summed E-state index contributed by atoms with van der Waals surface area (Å²) in [6.45, 7) is 8.53. The van der Waals surface area contributed by atoms with Crippen molar-refractivity contribution >= 4 is 33.4 Å². The van der Waals surface area contributed by atoms with Gasteiger partial charge >= 0.3 is 0 Å². The molecule has 34 heavy (non-hydrogen) atoms. The summed E-state index contributed by atoms with van der Waals surface area (Å²) in [5, 5.41) is 14.4. The molecule has 1 unspecified atom stereocenters. The van der Waals surface area contributed by atoms with E-state index >= 15 is 0 Å². The normalized spacial score (nSPS) is 12.5. The number of H-pyrrole nitrogens is 1. The molecule has 0 aliphatic rings. The molecule has 0 spiro atoms. The molecule has 4 heterocycles. The first-order valence-electron chi connectivity index (χ1n) is 11.1. The van der Waals surface area contributed by atoms with Crippen molar-refractivity contribution in [3.63, 3.8) is 0 Å². The van der Waals surface area contributed by atoms with Gasteiger partial charge < -0.3 is 4.74 Å². The van der Waals surface area contributed by atoms with E-state index in [1.54, 1.807) is 23.9 Å². The second-order valence-corrected chi connectivity index (χ2v) is 8.85. The fourth-order valence-electron chi connectivity index (χ4n) is 4.58. The lowest BCUT2D eigenvalue weighted by Crippen LogP contribution is -2.20. The van der Waals surface area contributed by atoms with Crippen LogP contribution in [0.1, 0.15) is 36.8 Å². The van der Waals surface area contributed by atoms with Gasteiger partial charge in [-0.2, -0.15) is 10.2 Å². The average Bonchev–Trinajstić information content (AvgIpc) is 3.44. The summed E-state index contributed by atoms with van der Waals surface area (Å²) in [7, 11) is 1.79. The number of nitrogens with one attached hydrogen (secondary N) is 1. The van der Waals surface area contributed by atoms with E-state index in [9.17, 15) is 4.79 Å². The minimum atomic E-state index is -0.378. The Morgan fingerprint density at radius 3 is 2.71 bits per heavy atom. The standard InChI is InChI=1S/C25H25ClN6O2/c1-6-32-24-19(12-28-32)22-16(9-13(2)10-17(22)25(33)31(24)5)15(4)34-20-7-8-21(26)29-23(20)18-11-27-30-14(18)3/h7-12,15H,6H2,1-5H3,(H,27,30). The van der Waals surface area contributed by atoms with Gasteiger partial charge in [0.15, 0.2) is 0 Å². The molecule has 8 nitrogen and oxygen atoms in total. The van der Waals surface area contributed by atoms with Gasteiger partial charge in [-0.3, -0.25) is 14.5 Å². The molecule has 0 fully saturated rings. The van der Waals surface area contributed by atoms with E-state index in [1.807, 2.05) is 50.7 Å². The van der Waals surface area contributed by atoms with Crippen LogP contribution in [0.4, 0.5) is 0 Å². The van der Waals surface area contributed by atoms with Crippen molar-refractivity contribution in [3.05, 3.63) is 69.0 Å². The van der Waals surface area contributed by atoms with Crippen LogP contribution in [-0.2, 0) is 13.6 Å². The Hall–Kier alpha value is -3.65. The van der Waals surface area contributed by atoms with E-state index in [0.717, 1.165) is 38.8 Å². The van der Waals surface area contributed by atoms with Crippen LogP contribution >= 0.6 is 11.6 Å². The van der Waals surface area contributed by atoms with Crippen LogP contribution in [0.3, 0.4) is 0 Å². The number of ether oxygens (including phenoxy) is 1. The van der Waals surface area contributed by atoms with Gasteiger partial charge in [0.1, 0.15) is 28.3 Å². The van der Waals surface area contributed by atoms with Crippen LogP contribution < -0.4 is 10.3 Å². The lowest BCUT2D eigenvalue weighted by molar-refractivity contribution is 0.229. The predicted octanol–water partition coefficient (Wildman–Crippen LogP) is 5.10. The third-order valence-corrected chi connectivity index (χ3v) is 6.41. The summed E-state index contributed by atoms with van der Waals surface area (Å²) in [5.74, 6) is 0.584. The second-order valence-electron chi connectivity index (χ2n) is 8.46. The molecule has 5 rings (SSSR count). The van der Waals surface area contributed by atoms with E-state index < -0.39 is 0 Å². The quantitative estimate of drug-likeness (QED) is 0.356. The van der Waals surface area contributed by atoms with Gasteiger partial charge in [0.2, 0.25) is 0 Å². The number of nitrogens with zero attached hydrogens (tertiary/aromatic N) is 5. The Kier molecular flexibility index (Phi) is 5.40. The van der Waals surface area contributed by atoms with Crippen LogP contribution in [0.15, 0.2) is 41.5 Å². The Morgan fingerprint density at radius 1 is 1.21 bits per heavy atom. The highest BCUT2D eigenvalue weighted by Crippen LogP contribution is 2.37. The zero-order valence-electron chi connectivity index (χ0n) is 19.7. The van der Waals surface area contributed by atoms with Crippen molar-refractivity contribution in [2.75, 3.05) is 0 Å². The number of aryl methyl sites for hydroxylation is 4. The van der Waals surface area contributed by atoms with Crippen LogP contribution in [-0.4, -0.2) is 29.5 Å². The number of benzene rings is 1. The number of halogens is 1. The number of rotatable bonds is 5. The monoisotopic (exact) mass is 476 g/mol. The molecule has 0 saturated carbocycles. The third-order valence-electron chi connectivity index (χ3n) is 6.20. The van der Waals surface area contributed by atoms with Crippen molar-refractivity contribution in [1.29, 1.82) is 0 Å². The lowest BCUT2D eigenvalue weighted by Gasteiger charge is -2.20. The number of aromatic nitrogens is 6. The van der Waals surface area contributed by atoms with Gasteiger partial charge in [0.05, 0.1) is 11.9 Å². The van der Waals surface area contributed by atoms with E-state index in [1.165, 1.54) is 0 Å². The average molecular weight is 477 g/mol. The highest BCUT2D eigenvalue weighted by molar-refractivity contribution is 6.29. The maximum Gasteiger partial charge on any atom is 0.259 e. The second kappa shape index (κ2) is 8.29. The number of aromatic amines is 1. The van der Waals surface area contributed by atoms with Crippen molar-refractivity contribution in [2.24, 2.45) is 7.05 Å². The summed E-state index contributed by atoms with van der Waals surface area (Å²) in [6.07, 6.45) is 3.23. The van der Waals surface area contributed by atoms with Gasteiger partial charge in [-0.1, -0.05) is 17.7 Å². The highest BCUT2D eigenvalue weighted by atomic mass is 35.5. The van der Waals surface area contributed by atoms with Crippen molar-refractivity contribution < 1.29 is 4.74 Å². The zero-order chi connectivity index (χ0) is 24.1. The van der Waals surface area contributed by atoms with E-state index in [-0.39, 0.29) is 11.7 Å². The molecule has 5 aromatic rings. The molecule has 0 amide bonds. The molecule has 1 N–H and O–H groups in total. The van der Waals surface area contributed by atoms with E-state index in [2.05, 4.69) is 26.3 Å². The van der Waals surface area contributed by atoms with Gasteiger partial charge in [0, 0.05) is 47.1 Å². The lowest BCUT2D eigenvalue weighted by atomic mass is 9.97. The minimum absolute atomic E-state index is 0.0577. The number of hydrogen-bond donors (Lipinski definition) is 1. The Morgan fingerprint density at radius 2 is 2.00 bits per heavy atom. The number of hydrogen-bond acceptors (Lipinski definition) is 5. The molecular formula is C25H25ClN6O2. The Bertz CT molecular complexity index is 1610. The smallest absolute Gasteiger partial charge is 0.259 e. The first kappa shape index (κ1) is 22.2. The van der Waals surface area contributed by atoms with Gasteiger partial charge in [-0.05, 0) is 51.5 Å². The maximum absolute atomic E-state index is 13.3. The van der Waals surface area contributed by atoms with Crippen molar-refractivity contribution in [1.82, 2.24) is 29.5 Å². The summed E-state index contributed by atoms with van der Waals surface area (Å²) in [6, 6.07) is 7.52. The third kappa shape index (κ3) is 3.45. The van der Waals surface area contributed by atoms with Crippen LogP contribution in [0.25, 0.3) is 33.1 Å². The molecule has 0 radical (unpaired) electrons. The molecule has 1 atom stereocenters. The molecule has 4 aromatic heterocycles. The molecule has 0 aliphatic carbocycles. The fraction of sp³-hybridized carbons (Fsp3) is 0.280. The molecular weight excluding hydrogens is 452 g/mol. The highest BCUT2D eigenvalue weighted by Gasteiger charge is 2.22. The zero-order valence-corrected chi connectivity index (χ0v) is 20.4. The van der Waals surface area contributed by atoms with Gasteiger partial charge in [-0.25, -0.2) is 9.67 Å². The van der Waals surface area contributed by atoms with Gasteiger partial charge in [0.25, 0.3) is 5.56 Å². The van der Waals surface area contributed by atoms with Crippen LogP contribution in [0, 0.1) is 13.8 Å². The van der Waals surface area contributed by atoms with Gasteiger partial charge in [-0.15, -0.1) is 0 Å².